The van der Waals surface area contributed by atoms with Gasteiger partial charge in [0, 0.05) is 10.0 Å². The van der Waals surface area contributed by atoms with Gasteiger partial charge in [0.1, 0.15) is 11.4 Å². The van der Waals surface area contributed by atoms with Gasteiger partial charge in [-0.15, -0.1) is 0 Å². The van der Waals surface area contributed by atoms with E-state index >= 15 is 0 Å². The third-order valence-corrected chi connectivity index (χ3v) is 4.98. The minimum atomic E-state index is -0.731. The van der Waals surface area contributed by atoms with Crippen molar-refractivity contribution in [3.63, 3.8) is 0 Å². The van der Waals surface area contributed by atoms with Crippen molar-refractivity contribution >= 4 is 22.1 Å². The molecular formula is C17H15BrFN3O3. The monoisotopic (exact) mass is 407 g/mol. The van der Waals surface area contributed by atoms with Gasteiger partial charge in [0.15, 0.2) is 17.3 Å². The Bertz CT molecular complexity index is 972. The molecule has 130 valence electrons. The van der Waals surface area contributed by atoms with E-state index < -0.39 is 11.6 Å². The van der Waals surface area contributed by atoms with Gasteiger partial charge in [-0.25, -0.2) is 4.39 Å². The summed E-state index contributed by atoms with van der Waals surface area (Å²) >= 11 is 3.54. The molecule has 0 bridgehead atoms. The summed E-state index contributed by atoms with van der Waals surface area (Å²) in [7, 11) is 0. The molecule has 3 aromatic rings. The van der Waals surface area contributed by atoms with Crippen molar-refractivity contribution in [1.82, 2.24) is 9.72 Å². The Labute approximate surface area is 151 Å². The van der Waals surface area contributed by atoms with Gasteiger partial charge in [-0.3, -0.25) is 0 Å². The van der Waals surface area contributed by atoms with Gasteiger partial charge in [-0.2, -0.15) is 0 Å². The van der Waals surface area contributed by atoms with Gasteiger partial charge in [-0.1, -0.05) is 10.3 Å². The number of phenols is 1. The Morgan fingerprint density at radius 3 is 2.60 bits per heavy atom. The third-order valence-electron chi connectivity index (χ3n) is 4.01. The second-order valence-corrected chi connectivity index (χ2v) is 6.38. The van der Waals surface area contributed by atoms with Crippen LogP contribution < -0.4 is 0 Å². The van der Waals surface area contributed by atoms with Crippen LogP contribution in [0.1, 0.15) is 22.7 Å². The molecule has 0 atom stereocenters. The van der Waals surface area contributed by atoms with Crippen LogP contribution in [0, 0.1) is 26.6 Å². The van der Waals surface area contributed by atoms with E-state index in [-0.39, 0.29) is 0 Å². The molecular weight excluding hydrogens is 393 g/mol. The van der Waals surface area contributed by atoms with Crippen LogP contribution in [0.4, 0.5) is 4.39 Å². The fourth-order valence-electron chi connectivity index (χ4n) is 2.83. The first-order chi connectivity index (χ1) is 11.9. The molecule has 0 aliphatic carbocycles. The zero-order chi connectivity index (χ0) is 18.3. The maximum atomic E-state index is 13.9. The predicted octanol–water partition coefficient (Wildman–Crippen LogP) is 4.47. The molecule has 25 heavy (non-hydrogen) atoms. The first-order valence-corrected chi connectivity index (χ1v) is 8.16. The predicted molar refractivity (Wildman–Crippen MR) is 94.2 cm³/mol. The zero-order valence-electron chi connectivity index (χ0n) is 13.7. The van der Waals surface area contributed by atoms with Crippen LogP contribution in [-0.2, 0) is 0 Å². The standard InChI is InChI=1S/C17H15BrFN3O3/c1-8-13(7-20-24)22(16-9(2)21-25-10(16)3)17(15(8)18)11-4-5-14(23)12(19)6-11/h4-7,23-24H,1-3H3. The van der Waals surface area contributed by atoms with Crippen LogP contribution in [-0.4, -0.2) is 26.3 Å². The summed E-state index contributed by atoms with van der Waals surface area (Å²) < 4.78 is 21.7. The summed E-state index contributed by atoms with van der Waals surface area (Å²) in [6.07, 6.45) is 1.30. The van der Waals surface area contributed by atoms with Crippen LogP contribution in [0.25, 0.3) is 16.9 Å². The lowest BCUT2D eigenvalue weighted by Crippen LogP contribution is -2.05. The van der Waals surface area contributed by atoms with Gasteiger partial charge in [0.2, 0.25) is 0 Å². The molecule has 0 unspecified atom stereocenters. The lowest BCUT2D eigenvalue weighted by Gasteiger charge is -2.12. The number of nitrogens with zero attached hydrogens (tertiary/aromatic N) is 3. The van der Waals surface area contributed by atoms with E-state index in [0.29, 0.717) is 38.6 Å². The normalized spacial score (nSPS) is 11.6. The molecule has 6 nitrogen and oxygen atoms in total. The topological polar surface area (TPSA) is 83.8 Å². The SMILES string of the molecule is Cc1noc(C)c1-n1c(C=NO)c(C)c(Br)c1-c1ccc(O)c(F)c1. The van der Waals surface area contributed by atoms with Gasteiger partial charge in [0.25, 0.3) is 0 Å². The quantitative estimate of drug-likeness (QED) is 0.381. The highest BCUT2D eigenvalue weighted by atomic mass is 79.9. The van der Waals surface area contributed by atoms with E-state index in [9.17, 15) is 9.50 Å². The Kier molecular flexibility index (Phi) is 4.38. The van der Waals surface area contributed by atoms with Crippen molar-refractivity contribution in [2.75, 3.05) is 0 Å². The Morgan fingerprint density at radius 2 is 2.04 bits per heavy atom. The van der Waals surface area contributed by atoms with Crippen molar-refractivity contribution in [1.29, 1.82) is 0 Å². The van der Waals surface area contributed by atoms with Crippen LogP contribution in [0.5, 0.6) is 5.75 Å². The summed E-state index contributed by atoms with van der Waals surface area (Å²) in [5.74, 6) is -0.594. The number of hydrogen-bond donors (Lipinski definition) is 2. The molecule has 0 radical (unpaired) electrons. The van der Waals surface area contributed by atoms with Crippen molar-refractivity contribution in [2.24, 2.45) is 5.16 Å². The summed E-state index contributed by atoms with van der Waals surface area (Å²) in [4.78, 5) is 0. The van der Waals surface area contributed by atoms with Crippen molar-refractivity contribution in [2.45, 2.75) is 20.8 Å². The Balaban J connectivity index is 2.43. The number of rotatable bonds is 3. The van der Waals surface area contributed by atoms with Crippen LogP contribution in [0.15, 0.2) is 32.4 Å². The van der Waals surface area contributed by atoms with E-state index in [1.165, 1.54) is 18.3 Å². The molecule has 0 saturated carbocycles. The minimum Gasteiger partial charge on any atom is -0.505 e. The molecule has 0 saturated heterocycles. The lowest BCUT2D eigenvalue weighted by molar-refractivity contribution is 0.321. The van der Waals surface area contributed by atoms with E-state index in [1.807, 2.05) is 6.92 Å². The molecule has 2 heterocycles. The van der Waals surface area contributed by atoms with Gasteiger partial charge < -0.3 is 19.4 Å². The summed E-state index contributed by atoms with van der Waals surface area (Å²) in [5.41, 5.74) is 3.84. The van der Waals surface area contributed by atoms with Gasteiger partial charge in [-0.05, 0) is 60.5 Å². The largest absolute Gasteiger partial charge is 0.505 e. The van der Waals surface area contributed by atoms with E-state index in [2.05, 4.69) is 26.2 Å². The number of aryl methyl sites for hydroxylation is 2. The number of halogens is 2. The van der Waals surface area contributed by atoms with E-state index in [4.69, 9.17) is 9.73 Å². The molecule has 1 aromatic carbocycles. The van der Waals surface area contributed by atoms with Crippen molar-refractivity contribution < 1.29 is 19.2 Å². The highest BCUT2D eigenvalue weighted by molar-refractivity contribution is 9.10. The fourth-order valence-corrected chi connectivity index (χ4v) is 3.43. The number of aromatic nitrogens is 2. The third kappa shape index (κ3) is 2.72. The maximum Gasteiger partial charge on any atom is 0.165 e. The summed E-state index contributed by atoms with van der Waals surface area (Å²) in [5, 5.41) is 25.6. The molecule has 0 amide bonds. The molecule has 0 aliphatic heterocycles. The first kappa shape index (κ1) is 17.2. The molecule has 3 rings (SSSR count). The minimum absolute atomic E-state index is 0.427. The highest BCUT2D eigenvalue weighted by Gasteiger charge is 2.25. The average molecular weight is 408 g/mol. The number of hydrogen-bond acceptors (Lipinski definition) is 5. The second-order valence-electron chi connectivity index (χ2n) is 5.59. The fraction of sp³-hybridized carbons (Fsp3) is 0.176. The van der Waals surface area contributed by atoms with Crippen molar-refractivity contribution in [3.05, 3.63) is 51.2 Å². The molecule has 0 fully saturated rings. The highest BCUT2D eigenvalue weighted by Crippen LogP contribution is 2.39. The number of oxime groups is 1. The lowest BCUT2D eigenvalue weighted by atomic mass is 10.1. The number of phenolic OH excluding ortho intramolecular Hbond substituents is 1. The first-order valence-electron chi connectivity index (χ1n) is 7.37. The van der Waals surface area contributed by atoms with Crippen LogP contribution in [0.2, 0.25) is 0 Å². The second kappa shape index (κ2) is 6.36. The van der Waals surface area contributed by atoms with Crippen molar-refractivity contribution in [3.8, 4) is 22.7 Å². The van der Waals surface area contributed by atoms with E-state index in [0.717, 1.165) is 5.56 Å². The zero-order valence-corrected chi connectivity index (χ0v) is 15.3. The molecule has 0 aliphatic rings. The Hall–Kier alpha value is -2.61. The maximum absolute atomic E-state index is 13.9. The molecule has 2 aromatic heterocycles. The number of aromatic hydroxyl groups is 1. The smallest absolute Gasteiger partial charge is 0.165 e. The average Bonchev–Trinajstić information content (AvgIpc) is 3.02. The molecule has 8 heteroatoms. The summed E-state index contributed by atoms with van der Waals surface area (Å²) in [6, 6.07) is 4.13. The molecule has 2 N–H and O–H groups in total. The summed E-state index contributed by atoms with van der Waals surface area (Å²) in [6.45, 7) is 5.39. The van der Waals surface area contributed by atoms with Gasteiger partial charge in [0.05, 0.1) is 17.6 Å². The Morgan fingerprint density at radius 1 is 1.32 bits per heavy atom. The van der Waals surface area contributed by atoms with E-state index in [1.54, 1.807) is 24.5 Å². The number of benzene rings is 1. The van der Waals surface area contributed by atoms with Gasteiger partial charge >= 0.3 is 0 Å². The van der Waals surface area contributed by atoms with Crippen LogP contribution >= 0.6 is 15.9 Å². The van der Waals surface area contributed by atoms with Crippen LogP contribution in [0.3, 0.4) is 0 Å². The molecule has 0 spiro atoms.